The van der Waals surface area contributed by atoms with Crippen LogP contribution in [-0.2, 0) is 0 Å². The normalized spacial score (nSPS) is 10.4. The molecule has 0 atom stereocenters. The van der Waals surface area contributed by atoms with Crippen LogP contribution < -0.4 is 14.8 Å². The molecule has 2 aromatic carbocycles. The van der Waals surface area contributed by atoms with Gasteiger partial charge in [0.25, 0.3) is 11.8 Å². The number of nitrogens with one attached hydrogen (secondary N) is 1. The molecule has 0 unspecified atom stereocenters. The molecular weight excluding hydrogens is 404 g/mol. The number of hydrogen-bond donors (Lipinski definition) is 1. The third-order valence-corrected chi connectivity index (χ3v) is 4.74. The summed E-state index contributed by atoms with van der Waals surface area (Å²) in [6.07, 6.45) is 0.830. The zero-order valence-electron chi connectivity index (χ0n) is 18.0. The molecular formula is C23H29ClN2O4. The summed E-state index contributed by atoms with van der Waals surface area (Å²) < 4.78 is 11.3. The van der Waals surface area contributed by atoms with Crippen molar-refractivity contribution in [2.75, 3.05) is 31.6 Å². The predicted octanol–water partition coefficient (Wildman–Crippen LogP) is 5.26. The molecule has 30 heavy (non-hydrogen) atoms. The zero-order valence-corrected chi connectivity index (χ0v) is 18.7. The first kappa shape index (κ1) is 23.5. The molecule has 2 rings (SSSR count). The van der Waals surface area contributed by atoms with Crippen molar-refractivity contribution in [3.8, 4) is 11.5 Å². The van der Waals surface area contributed by atoms with Gasteiger partial charge >= 0.3 is 0 Å². The number of hydrogen-bond acceptors (Lipinski definition) is 4. The van der Waals surface area contributed by atoms with Gasteiger partial charge in [-0.3, -0.25) is 9.59 Å². The monoisotopic (exact) mass is 432 g/mol. The van der Waals surface area contributed by atoms with Crippen LogP contribution in [0.25, 0.3) is 0 Å². The highest BCUT2D eigenvalue weighted by atomic mass is 35.5. The second-order valence-corrected chi connectivity index (χ2v) is 6.98. The van der Waals surface area contributed by atoms with E-state index in [2.05, 4.69) is 5.32 Å². The molecule has 2 amide bonds. The highest BCUT2D eigenvalue weighted by Gasteiger charge is 2.17. The maximum absolute atomic E-state index is 12.7. The number of amides is 2. The molecule has 0 radical (unpaired) electrons. The van der Waals surface area contributed by atoms with Crippen molar-refractivity contribution in [1.82, 2.24) is 4.90 Å². The van der Waals surface area contributed by atoms with Crippen LogP contribution in [0.1, 0.15) is 54.8 Å². The van der Waals surface area contributed by atoms with Crippen molar-refractivity contribution in [1.29, 1.82) is 0 Å². The van der Waals surface area contributed by atoms with E-state index in [1.54, 1.807) is 41.3 Å². The smallest absolute Gasteiger partial charge is 0.255 e. The van der Waals surface area contributed by atoms with Gasteiger partial charge in [0.2, 0.25) is 0 Å². The van der Waals surface area contributed by atoms with Gasteiger partial charge in [0.15, 0.2) is 11.5 Å². The molecule has 6 nitrogen and oxygen atoms in total. The first-order valence-corrected chi connectivity index (χ1v) is 10.6. The number of carbonyl (C=O) groups excluding carboxylic acids is 2. The lowest BCUT2D eigenvalue weighted by atomic mass is 10.1. The van der Waals surface area contributed by atoms with E-state index in [0.717, 1.165) is 6.42 Å². The van der Waals surface area contributed by atoms with Gasteiger partial charge in [0.1, 0.15) is 0 Å². The van der Waals surface area contributed by atoms with Crippen LogP contribution in [0.2, 0.25) is 5.02 Å². The van der Waals surface area contributed by atoms with Crippen LogP contribution in [0.5, 0.6) is 11.5 Å². The van der Waals surface area contributed by atoms with E-state index in [9.17, 15) is 9.59 Å². The fourth-order valence-corrected chi connectivity index (χ4v) is 3.16. The lowest BCUT2D eigenvalue weighted by molar-refractivity contribution is 0.0773. The molecule has 0 aliphatic heterocycles. The van der Waals surface area contributed by atoms with E-state index in [1.807, 2.05) is 27.7 Å². The molecule has 1 N–H and O–H groups in total. The average Bonchev–Trinajstić information content (AvgIpc) is 2.74. The average molecular weight is 433 g/mol. The van der Waals surface area contributed by atoms with Gasteiger partial charge < -0.3 is 19.7 Å². The molecule has 2 aromatic rings. The highest BCUT2D eigenvalue weighted by Crippen LogP contribution is 2.37. The molecule has 0 fully saturated rings. The summed E-state index contributed by atoms with van der Waals surface area (Å²) in [6, 6.07) is 10.0. The Bertz CT molecular complexity index is 864. The maximum atomic E-state index is 12.7. The van der Waals surface area contributed by atoms with Crippen LogP contribution in [0.4, 0.5) is 5.69 Å². The largest absolute Gasteiger partial charge is 0.490 e. The van der Waals surface area contributed by atoms with Crippen LogP contribution in [-0.4, -0.2) is 43.0 Å². The minimum atomic E-state index is -0.331. The number of anilines is 1. The summed E-state index contributed by atoms with van der Waals surface area (Å²) in [6.45, 7) is 9.95. The molecule has 0 saturated heterocycles. The Kier molecular flexibility index (Phi) is 8.99. The second kappa shape index (κ2) is 11.5. The molecule has 162 valence electrons. The van der Waals surface area contributed by atoms with Crippen LogP contribution in [0.15, 0.2) is 36.4 Å². The lowest BCUT2D eigenvalue weighted by Gasteiger charge is -2.18. The Labute approximate surface area is 183 Å². The van der Waals surface area contributed by atoms with Crippen molar-refractivity contribution >= 4 is 29.1 Å². The topological polar surface area (TPSA) is 67.9 Å². The summed E-state index contributed by atoms with van der Waals surface area (Å²) >= 11 is 6.34. The number of nitrogens with zero attached hydrogens (tertiary/aromatic N) is 1. The van der Waals surface area contributed by atoms with Gasteiger partial charge in [0.05, 0.1) is 18.2 Å². The molecule has 0 aliphatic rings. The van der Waals surface area contributed by atoms with Crippen LogP contribution in [0.3, 0.4) is 0 Å². The molecule has 0 saturated carbocycles. The number of carbonyl (C=O) groups is 2. The number of benzene rings is 2. The van der Waals surface area contributed by atoms with Gasteiger partial charge in [-0.25, -0.2) is 0 Å². The fourth-order valence-electron chi connectivity index (χ4n) is 2.90. The quantitative estimate of drug-likeness (QED) is 0.555. The number of ether oxygens (including phenoxy) is 2. The van der Waals surface area contributed by atoms with Gasteiger partial charge in [-0.1, -0.05) is 18.5 Å². The Morgan fingerprint density at radius 2 is 1.63 bits per heavy atom. The third kappa shape index (κ3) is 5.89. The summed E-state index contributed by atoms with van der Waals surface area (Å²) in [4.78, 5) is 26.9. The first-order valence-electron chi connectivity index (χ1n) is 10.2. The standard InChI is InChI=1S/C23H29ClN2O4/c1-5-13-30-21-19(24)14-17(15-20(21)29-8-4)22(27)25-18-11-9-16(10-12-18)23(28)26(6-2)7-3/h9-12,14-15H,5-8,13H2,1-4H3,(H,25,27). The third-order valence-electron chi connectivity index (χ3n) is 4.46. The summed E-state index contributed by atoms with van der Waals surface area (Å²) in [5.41, 5.74) is 1.52. The fraction of sp³-hybridized carbons (Fsp3) is 0.391. The predicted molar refractivity (Wildman–Crippen MR) is 120 cm³/mol. The van der Waals surface area contributed by atoms with Gasteiger partial charge in [-0.2, -0.15) is 0 Å². The van der Waals surface area contributed by atoms with Crippen molar-refractivity contribution < 1.29 is 19.1 Å². The Morgan fingerprint density at radius 1 is 0.967 bits per heavy atom. The summed E-state index contributed by atoms with van der Waals surface area (Å²) in [7, 11) is 0. The van der Waals surface area contributed by atoms with Gasteiger partial charge in [-0.15, -0.1) is 0 Å². The van der Waals surface area contributed by atoms with Crippen LogP contribution in [0, 0.1) is 0 Å². The first-order chi connectivity index (χ1) is 14.4. The molecule has 0 heterocycles. The number of rotatable bonds is 10. The van der Waals surface area contributed by atoms with Crippen molar-refractivity contribution in [2.24, 2.45) is 0 Å². The van der Waals surface area contributed by atoms with E-state index in [1.165, 1.54) is 0 Å². The molecule has 0 aliphatic carbocycles. The minimum Gasteiger partial charge on any atom is -0.490 e. The van der Waals surface area contributed by atoms with E-state index in [4.69, 9.17) is 21.1 Å². The molecule has 0 spiro atoms. The summed E-state index contributed by atoms with van der Waals surface area (Å²) in [5, 5.41) is 3.14. The van der Waals surface area contributed by atoms with E-state index < -0.39 is 0 Å². The Morgan fingerprint density at radius 3 is 2.20 bits per heavy atom. The van der Waals surface area contributed by atoms with E-state index >= 15 is 0 Å². The maximum Gasteiger partial charge on any atom is 0.255 e. The SMILES string of the molecule is CCCOc1c(Cl)cc(C(=O)Nc2ccc(C(=O)N(CC)CC)cc2)cc1OCC. The van der Waals surface area contributed by atoms with Crippen molar-refractivity contribution in [2.45, 2.75) is 34.1 Å². The molecule has 0 bridgehead atoms. The van der Waals surface area contributed by atoms with Gasteiger partial charge in [-0.05, 0) is 63.6 Å². The highest BCUT2D eigenvalue weighted by molar-refractivity contribution is 6.32. The number of halogens is 1. The lowest BCUT2D eigenvalue weighted by Crippen LogP contribution is -2.30. The van der Waals surface area contributed by atoms with E-state index in [-0.39, 0.29) is 11.8 Å². The molecule has 0 aromatic heterocycles. The van der Waals surface area contributed by atoms with Crippen molar-refractivity contribution in [3.05, 3.63) is 52.5 Å². The van der Waals surface area contributed by atoms with Crippen LogP contribution >= 0.6 is 11.6 Å². The molecule has 7 heteroatoms. The zero-order chi connectivity index (χ0) is 22.1. The minimum absolute atomic E-state index is 0.0336. The van der Waals surface area contributed by atoms with Crippen molar-refractivity contribution in [3.63, 3.8) is 0 Å². The van der Waals surface area contributed by atoms with Gasteiger partial charge in [0, 0.05) is 29.9 Å². The Balaban J connectivity index is 2.18. The summed E-state index contributed by atoms with van der Waals surface area (Å²) in [5.74, 6) is 0.511. The van der Waals surface area contributed by atoms with E-state index in [0.29, 0.717) is 59.6 Å². The Hall–Kier alpha value is -2.73. The second-order valence-electron chi connectivity index (χ2n) is 6.58.